The molecule has 1 aliphatic heterocycles. The van der Waals surface area contributed by atoms with E-state index >= 15 is 0 Å². The lowest BCUT2D eigenvalue weighted by Gasteiger charge is -2.09. The van der Waals surface area contributed by atoms with E-state index in [0.29, 0.717) is 8.95 Å². The highest BCUT2D eigenvalue weighted by Gasteiger charge is 2.16. The highest BCUT2D eigenvalue weighted by atomic mass is 79.9. The molecule has 0 unspecified atom stereocenters. The zero-order valence-corrected chi connectivity index (χ0v) is 17.5. The van der Waals surface area contributed by atoms with Crippen molar-refractivity contribution in [3.05, 3.63) is 56.5 Å². The maximum absolute atomic E-state index is 11.7. The summed E-state index contributed by atoms with van der Waals surface area (Å²) in [7, 11) is 1.17. The van der Waals surface area contributed by atoms with E-state index in [1.807, 2.05) is 5.32 Å². The first kappa shape index (κ1) is 13.2. The molecule has 0 bridgehead atoms. The number of nitrogens with two attached hydrogens (primary N) is 1. The molecule has 3 rings (SSSR count). The van der Waals surface area contributed by atoms with E-state index < -0.39 is 38.0 Å². The van der Waals surface area contributed by atoms with Crippen LogP contribution in [0.15, 0.2) is 45.3 Å². The van der Waals surface area contributed by atoms with Crippen molar-refractivity contribution >= 4 is 43.7 Å². The van der Waals surface area contributed by atoms with E-state index in [4.69, 9.17) is 26.2 Å². The molecule has 0 aromatic heterocycles. The highest BCUT2D eigenvalue weighted by molar-refractivity contribution is 9.10. The number of rotatable bonds is 4. The Morgan fingerprint density at radius 2 is 2.04 bits per heavy atom. The Labute approximate surface area is 191 Å². The molecule has 1 amide bonds. The van der Waals surface area contributed by atoms with Crippen molar-refractivity contribution in [3.63, 3.8) is 0 Å². The Kier molecular flexibility index (Phi) is 5.20. The summed E-state index contributed by atoms with van der Waals surface area (Å²) >= 11 is 6.33. The quantitative estimate of drug-likeness (QED) is 0.597. The van der Waals surface area contributed by atoms with Gasteiger partial charge in [-0.05, 0) is 36.4 Å². The predicted octanol–water partition coefficient (Wildman–Crippen LogP) is 3.14. The molecule has 0 radical (unpaired) electrons. The molecule has 0 fully saturated rings. The average molecular weight is 524 g/mol. The van der Waals surface area contributed by atoms with Crippen LogP contribution in [0.5, 0.6) is 11.5 Å². The van der Waals surface area contributed by atoms with Gasteiger partial charge in [-0.25, -0.2) is 4.79 Å². The monoisotopic (exact) mass is 522 g/mol. The van der Waals surface area contributed by atoms with Gasteiger partial charge in [0.2, 0.25) is 0 Å². The molecule has 28 heavy (non-hydrogen) atoms. The fraction of sp³-hybridized carbons (Fsp3) is 0.263. The summed E-state index contributed by atoms with van der Waals surface area (Å²) in [5.74, 6) is -1.59. The minimum absolute atomic E-state index is 0.0112. The number of amides is 1. The van der Waals surface area contributed by atoms with E-state index in [1.165, 1.54) is 37.4 Å². The van der Waals surface area contributed by atoms with Gasteiger partial charge in [0.05, 0.1) is 27.4 Å². The van der Waals surface area contributed by atoms with Crippen LogP contribution in [0.2, 0.25) is 0 Å². The summed E-state index contributed by atoms with van der Waals surface area (Å²) < 4.78 is 74.7. The van der Waals surface area contributed by atoms with E-state index in [9.17, 15) is 9.59 Å². The number of fused-ring (bicyclic) bond motifs is 1. The van der Waals surface area contributed by atoms with Crippen molar-refractivity contribution in [2.45, 2.75) is 0 Å². The molecule has 7 nitrogen and oxygen atoms in total. The first-order chi connectivity index (χ1) is 16.3. The molecule has 1 aliphatic rings. The Hall–Kier alpha value is -2.10. The second kappa shape index (κ2) is 11.0. The van der Waals surface area contributed by atoms with Crippen molar-refractivity contribution in [3.8, 4) is 11.5 Å². The smallest absolute Gasteiger partial charge is 0.341 e. The van der Waals surface area contributed by atoms with Crippen LogP contribution in [-0.2, 0) is 4.74 Å². The van der Waals surface area contributed by atoms with Gasteiger partial charge in [0, 0.05) is 18.2 Å². The lowest BCUT2D eigenvalue weighted by molar-refractivity contribution is 0.0596. The molecule has 2 aromatic carbocycles. The zero-order chi connectivity index (χ0) is 27.7. The number of methoxy groups -OCH3 is 1. The van der Waals surface area contributed by atoms with Crippen molar-refractivity contribution < 1.29 is 34.8 Å². The van der Waals surface area contributed by atoms with Gasteiger partial charge < -0.3 is 25.3 Å². The van der Waals surface area contributed by atoms with Gasteiger partial charge in [-0.1, -0.05) is 31.9 Å². The number of esters is 1. The second-order valence-corrected chi connectivity index (χ2v) is 6.74. The third-order valence-electron chi connectivity index (χ3n) is 3.14. The van der Waals surface area contributed by atoms with Crippen LogP contribution in [0.25, 0.3) is 0 Å². The number of carbonyl (C=O) groups excluding carboxylic acids is 2. The van der Waals surface area contributed by atoms with Crippen LogP contribution in [0.3, 0.4) is 0 Å². The number of hydrogen-bond donors (Lipinski definition) is 2. The van der Waals surface area contributed by atoms with Crippen LogP contribution >= 0.6 is 31.9 Å². The van der Waals surface area contributed by atoms with Gasteiger partial charge in [-0.15, -0.1) is 0 Å². The van der Waals surface area contributed by atoms with Gasteiger partial charge in [0.25, 0.3) is 5.91 Å². The molecule has 0 spiro atoms. The van der Waals surface area contributed by atoms with Crippen LogP contribution in [-0.4, -0.2) is 45.1 Å². The van der Waals surface area contributed by atoms with Gasteiger partial charge in [-0.2, -0.15) is 0 Å². The van der Waals surface area contributed by atoms with Crippen LogP contribution < -0.4 is 20.5 Å². The number of benzene rings is 2. The largest absolute Gasteiger partial charge is 0.491 e. The molecule has 0 atom stereocenters. The Morgan fingerprint density at radius 3 is 2.75 bits per heavy atom. The van der Waals surface area contributed by atoms with Crippen molar-refractivity contribution in [2.24, 2.45) is 5.73 Å². The molecular formula is C19H20Br2N2O5. The van der Waals surface area contributed by atoms with Crippen molar-refractivity contribution in [2.75, 3.05) is 33.2 Å². The van der Waals surface area contributed by atoms with Crippen LogP contribution in [0.4, 0.5) is 0 Å². The summed E-state index contributed by atoms with van der Waals surface area (Å²) in [6.45, 7) is -10.8. The zero-order valence-electron chi connectivity index (χ0n) is 22.3. The maximum atomic E-state index is 11.7. The van der Waals surface area contributed by atoms with Crippen molar-refractivity contribution in [1.29, 1.82) is 0 Å². The summed E-state index contributed by atoms with van der Waals surface area (Å²) in [6, 6.07) is 8.66. The lowest BCUT2D eigenvalue weighted by Crippen LogP contribution is -2.24. The minimum atomic E-state index is -2.80. The molecule has 9 heteroatoms. The molecule has 2 aromatic rings. The van der Waals surface area contributed by atoms with E-state index in [1.54, 1.807) is 6.07 Å². The van der Waals surface area contributed by atoms with Gasteiger partial charge in [0.15, 0.2) is 0 Å². The predicted molar refractivity (Wildman–Crippen MR) is 112 cm³/mol. The standard InChI is InChI=1S/C10H12BrNO3.C9H8BrNO2/c1-14-10(13)8-6-7(11)2-3-9(8)15-5-4-12;10-6-1-2-8-7(5-6)9(12)11-3-4-13-8/h2-3,6H,4-5,12H2,1H3;1-2,5H,3-4H2,(H,11,12)/i4D2,5D2;3D2,4D2. The first-order valence-corrected chi connectivity index (χ1v) is 9.07. The van der Waals surface area contributed by atoms with Gasteiger partial charge in [0.1, 0.15) is 30.2 Å². The number of nitrogens with one attached hydrogen (secondary N) is 1. The van der Waals surface area contributed by atoms with Crippen LogP contribution in [0, 0.1) is 0 Å². The molecule has 0 saturated carbocycles. The number of carbonyl (C=O) groups is 2. The van der Waals surface area contributed by atoms with E-state index in [0.717, 1.165) is 0 Å². The highest BCUT2D eigenvalue weighted by Crippen LogP contribution is 2.24. The average Bonchev–Trinajstić information content (AvgIpc) is 2.80. The summed E-state index contributed by atoms with van der Waals surface area (Å²) in [5.41, 5.74) is 5.11. The third-order valence-corrected chi connectivity index (χ3v) is 4.13. The molecule has 1 heterocycles. The SMILES string of the molecule is [2H]C([2H])(N)C([2H])([2H])Oc1ccc(Br)cc1C(=O)OC.[2H]C1([2H])NC(=O)c2cc(Br)ccc2OC1([2H])[2H]. The molecular weight excluding hydrogens is 496 g/mol. The summed E-state index contributed by atoms with van der Waals surface area (Å²) in [6.07, 6.45) is 0. The third kappa shape index (κ3) is 6.22. The Morgan fingerprint density at radius 1 is 1.32 bits per heavy atom. The van der Waals surface area contributed by atoms with E-state index in [-0.39, 0.29) is 22.6 Å². The lowest BCUT2D eigenvalue weighted by atomic mass is 10.2. The molecule has 0 saturated heterocycles. The van der Waals surface area contributed by atoms with E-state index in [2.05, 4.69) is 36.6 Å². The fourth-order valence-electron chi connectivity index (χ4n) is 1.94. The topological polar surface area (TPSA) is 99.9 Å². The second-order valence-electron chi connectivity index (χ2n) is 4.90. The Bertz CT molecular complexity index is 1160. The first-order valence-electron chi connectivity index (χ1n) is 11.5. The molecule has 150 valence electrons. The number of ether oxygens (including phenoxy) is 3. The maximum Gasteiger partial charge on any atom is 0.341 e. The molecule has 3 N–H and O–H groups in total. The minimum Gasteiger partial charge on any atom is -0.491 e. The van der Waals surface area contributed by atoms with Gasteiger partial charge >= 0.3 is 5.97 Å². The fourth-order valence-corrected chi connectivity index (χ4v) is 2.67. The Balaban J connectivity index is 0.000000255. The number of hydrogen-bond acceptors (Lipinski definition) is 6. The normalized spacial score (nSPS) is 21.2. The summed E-state index contributed by atoms with van der Waals surface area (Å²) in [5, 5.41) is 1.97. The summed E-state index contributed by atoms with van der Waals surface area (Å²) in [4.78, 5) is 23.3. The number of halogens is 2. The molecule has 0 aliphatic carbocycles. The van der Waals surface area contributed by atoms with Gasteiger partial charge in [-0.3, -0.25) is 4.79 Å². The van der Waals surface area contributed by atoms with Crippen molar-refractivity contribution in [1.82, 2.24) is 5.32 Å². The van der Waals surface area contributed by atoms with Crippen LogP contribution in [0.1, 0.15) is 31.7 Å².